The molecule has 66 valence electrons. The molecular formula is C10H11N3. The first-order chi connectivity index (χ1) is 6.16. The first kappa shape index (κ1) is 7.86. The van der Waals surface area contributed by atoms with Gasteiger partial charge in [-0.1, -0.05) is 11.6 Å². The first-order valence-electron chi connectivity index (χ1n) is 4.09. The third kappa shape index (κ3) is 1.28. The van der Waals surface area contributed by atoms with E-state index in [0.29, 0.717) is 11.5 Å². The lowest BCUT2D eigenvalue weighted by Gasteiger charge is -2.02. The summed E-state index contributed by atoms with van der Waals surface area (Å²) >= 11 is 0. The molecule has 2 rings (SSSR count). The van der Waals surface area contributed by atoms with Gasteiger partial charge in [0, 0.05) is 5.39 Å². The highest BCUT2D eigenvalue weighted by molar-refractivity contribution is 5.85. The van der Waals surface area contributed by atoms with Crippen molar-refractivity contribution in [2.24, 2.45) is 0 Å². The van der Waals surface area contributed by atoms with Gasteiger partial charge in [0.25, 0.3) is 0 Å². The quantitative estimate of drug-likeness (QED) is 0.637. The maximum Gasteiger partial charge on any atom is 0.147 e. The fraction of sp³-hybridized carbons (Fsp3) is 0.100. The van der Waals surface area contributed by atoms with Crippen LogP contribution in [-0.2, 0) is 0 Å². The maximum atomic E-state index is 5.65. The summed E-state index contributed by atoms with van der Waals surface area (Å²) < 4.78 is 0. The van der Waals surface area contributed by atoms with Crippen molar-refractivity contribution in [2.75, 3.05) is 11.5 Å². The van der Waals surface area contributed by atoms with Crippen molar-refractivity contribution in [3.63, 3.8) is 0 Å². The summed E-state index contributed by atoms with van der Waals surface area (Å²) in [6.07, 6.45) is 0. The lowest BCUT2D eigenvalue weighted by atomic mass is 10.1. The Bertz CT molecular complexity index is 463. The van der Waals surface area contributed by atoms with Crippen LogP contribution in [0.15, 0.2) is 24.3 Å². The van der Waals surface area contributed by atoms with Gasteiger partial charge in [-0.2, -0.15) is 0 Å². The highest BCUT2D eigenvalue weighted by atomic mass is 14.9. The number of benzene rings is 1. The summed E-state index contributed by atoms with van der Waals surface area (Å²) in [6, 6.07) is 7.84. The molecule has 1 aromatic heterocycles. The van der Waals surface area contributed by atoms with E-state index in [1.807, 2.05) is 31.2 Å². The number of hydrogen-bond acceptors (Lipinski definition) is 3. The minimum absolute atomic E-state index is 0.399. The predicted molar refractivity (Wildman–Crippen MR) is 55.3 cm³/mol. The number of nitrogens with zero attached hydrogens (tertiary/aromatic N) is 1. The Kier molecular flexibility index (Phi) is 1.59. The van der Waals surface area contributed by atoms with Crippen molar-refractivity contribution >= 4 is 22.4 Å². The van der Waals surface area contributed by atoms with E-state index in [1.54, 1.807) is 0 Å². The molecule has 0 amide bonds. The summed E-state index contributed by atoms with van der Waals surface area (Å²) in [4.78, 5) is 4.17. The molecule has 0 aliphatic rings. The standard InChI is InChI=1S/C10H11N3/c1-6-2-3-9-7(4-6)5-8(11)10(12)13-9/h2-5H,11H2,1H3,(H2,12,13). The molecule has 0 atom stereocenters. The Labute approximate surface area is 76.4 Å². The number of fused-ring (bicyclic) bond motifs is 1. The van der Waals surface area contributed by atoms with Crippen LogP contribution in [0, 0.1) is 6.92 Å². The second-order valence-corrected chi connectivity index (χ2v) is 3.16. The van der Waals surface area contributed by atoms with Crippen LogP contribution in [0.3, 0.4) is 0 Å². The number of nitrogen functional groups attached to an aromatic ring is 2. The normalized spacial score (nSPS) is 10.5. The maximum absolute atomic E-state index is 5.65. The molecule has 1 heterocycles. The van der Waals surface area contributed by atoms with Crippen LogP contribution in [-0.4, -0.2) is 4.98 Å². The summed E-state index contributed by atoms with van der Waals surface area (Å²) in [5.74, 6) is 0.399. The van der Waals surface area contributed by atoms with Gasteiger partial charge in [0.15, 0.2) is 0 Å². The van der Waals surface area contributed by atoms with Crippen LogP contribution < -0.4 is 11.5 Å². The first-order valence-corrected chi connectivity index (χ1v) is 4.09. The lowest BCUT2D eigenvalue weighted by Crippen LogP contribution is -1.97. The van der Waals surface area contributed by atoms with Gasteiger partial charge in [-0.3, -0.25) is 0 Å². The molecule has 0 bridgehead atoms. The molecule has 0 saturated heterocycles. The zero-order valence-electron chi connectivity index (χ0n) is 7.41. The van der Waals surface area contributed by atoms with Crippen molar-refractivity contribution in [1.29, 1.82) is 0 Å². The van der Waals surface area contributed by atoms with Crippen LogP contribution in [0.25, 0.3) is 10.9 Å². The molecule has 0 fully saturated rings. The molecule has 13 heavy (non-hydrogen) atoms. The smallest absolute Gasteiger partial charge is 0.147 e. The van der Waals surface area contributed by atoms with Crippen molar-refractivity contribution in [3.8, 4) is 0 Å². The minimum Gasteiger partial charge on any atom is -0.396 e. The number of hydrogen-bond donors (Lipinski definition) is 2. The van der Waals surface area contributed by atoms with Gasteiger partial charge in [-0.15, -0.1) is 0 Å². The van der Waals surface area contributed by atoms with E-state index >= 15 is 0 Å². The summed E-state index contributed by atoms with van der Waals surface area (Å²) in [5.41, 5.74) is 13.9. The zero-order valence-corrected chi connectivity index (χ0v) is 7.41. The number of aromatic nitrogens is 1. The molecule has 2 aromatic rings. The summed E-state index contributed by atoms with van der Waals surface area (Å²) in [6.45, 7) is 2.03. The van der Waals surface area contributed by atoms with Crippen LogP contribution >= 0.6 is 0 Å². The SMILES string of the molecule is Cc1ccc2nc(N)c(N)cc2c1. The molecule has 4 N–H and O–H groups in total. The van der Waals surface area contributed by atoms with Crippen LogP contribution in [0.1, 0.15) is 5.56 Å². The van der Waals surface area contributed by atoms with Crippen LogP contribution in [0.4, 0.5) is 11.5 Å². The van der Waals surface area contributed by atoms with Crippen molar-refractivity contribution in [1.82, 2.24) is 4.98 Å². The fourth-order valence-electron chi connectivity index (χ4n) is 1.33. The molecule has 0 unspecified atom stereocenters. The van der Waals surface area contributed by atoms with E-state index in [2.05, 4.69) is 4.98 Å². The highest BCUT2D eigenvalue weighted by Crippen LogP contribution is 2.20. The third-order valence-electron chi connectivity index (χ3n) is 2.03. The Morgan fingerprint density at radius 3 is 2.69 bits per heavy atom. The second-order valence-electron chi connectivity index (χ2n) is 3.16. The zero-order chi connectivity index (χ0) is 9.42. The summed E-state index contributed by atoms with van der Waals surface area (Å²) in [5, 5.41) is 1.03. The topological polar surface area (TPSA) is 64.9 Å². The number of rotatable bonds is 0. The van der Waals surface area contributed by atoms with E-state index in [1.165, 1.54) is 5.56 Å². The minimum atomic E-state index is 0.399. The molecule has 0 aliphatic heterocycles. The lowest BCUT2D eigenvalue weighted by molar-refractivity contribution is 1.40. The molecule has 0 spiro atoms. The number of anilines is 2. The largest absolute Gasteiger partial charge is 0.396 e. The fourth-order valence-corrected chi connectivity index (χ4v) is 1.33. The Hall–Kier alpha value is -1.77. The van der Waals surface area contributed by atoms with E-state index in [0.717, 1.165) is 10.9 Å². The molecule has 0 radical (unpaired) electrons. The Morgan fingerprint density at radius 2 is 1.92 bits per heavy atom. The Balaban J connectivity index is 2.81. The second kappa shape index (κ2) is 2.62. The van der Waals surface area contributed by atoms with Gasteiger partial charge in [0.1, 0.15) is 5.82 Å². The van der Waals surface area contributed by atoms with Crippen molar-refractivity contribution < 1.29 is 0 Å². The highest BCUT2D eigenvalue weighted by Gasteiger charge is 1.99. The van der Waals surface area contributed by atoms with Gasteiger partial charge >= 0.3 is 0 Å². The third-order valence-corrected chi connectivity index (χ3v) is 2.03. The molecule has 1 aromatic carbocycles. The predicted octanol–water partition coefficient (Wildman–Crippen LogP) is 1.71. The monoisotopic (exact) mass is 173 g/mol. The van der Waals surface area contributed by atoms with E-state index < -0.39 is 0 Å². The van der Waals surface area contributed by atoms with Crippen molar-refractivity contribution in [3.05, 3.63) is 29.8 Å². The molecule has 0 saturated carbocycles. The molecule has 3 heteroatoms. The van der Waals surface area contributed by atoms with Gasteiger partial charge < -0.3 is 11.5 Å². The number of pyridine rings is 1. The van der Waals surface area contributed by atoms with E-state index in [9.17, 15) is 0 Å². The van der Waals surface area contributed by atoms with Crippen LogP contribution in [0.5, 0.6) is 0 Å². The van der Waals surface area contributed by atoms with Gasteiger partial charge in [-0.05, 0) is 25.1 Å². The van der Waals surface area contributed by atoms with Gasteiger partial charge in [0.05, 0.1) is 11.2 Å². The van der Waals surface area contributed by atoms with Crippen molar-refractivity contribution in [2.45, 2.75) is 6.92 Å². The van der Waals surface area contributed by atoms with Gasteiger partial charge in [-0.25, -0.2) is 4.98 Å². The van der Waals surface area contributed by atoms with E-state index in [4.69, 9.17) is 11.5 Å². The number of aryl methyl sites for hydroxylation is 1. The molecular weight excluding hydrogens is 162 g/mol. The average molecular weight is 173 g/mol. The molecule has 0 aliphatic carbocycles. The number of nitrogens with two attached hydrogens (primary N) is 2. The summed E-state index contributed by atoms with van der Waals surface area (Å²) in [7, 11) is 0. The Morgan fingerprint density at radius 1 is 1.15 bits per heavy atom. The van der Waals surface area contributed by atoms with Gasteiger partial charge in [0.2, 0.25) is 0 Å². The average Bonchev–Trinajstić information content (AvgIpc) is 2.08. The van der Waals surface area contributed by atoms with E-state index in [-0.39, 0.29) is 0 Å². The molecule has 3 nitrogen and oxygen atoms in total. The van der Waals surface area contributed by atoms with Crippen LogP contribution in [0.2, 0.25) is 0 Å².